The number of hydrogen-bond acceptors (Lipinski definition) is 5. The van der Waals surface area contributed by atoms with Crippen molar-refractivity contribution in [3.63, 3.8) is 0 Å². The Kier molecular flexibility index (Phi) is 9.38. The van der Waals surface area contributed by atoms with Gasteiger partial charge in [-0.1, -0.05) is 46.5 Å². The van der Waals surface area contributed by atoms with Crippen molar-refractivity contribution >= 4 is 20.0 Å². The molecule has 0 saturated heterocycles. The molecule has 0 saturated carbocycles. The van der Waals surface area contributed by atoms with Crippen LogP contribution in [0.2, 0.25) is 25.7 Å². The molecule has 0 rings (SSSR count). The molecule has 0 aromatic carbocycles. The van der Waals surface area contributed by atoms with E-state index in [0.29, 0.717) is 6.61 Å². The number of hydrogen-bond donors (Lipinski definition) is 1. The average molecular weight is 344 g/mol. The van der Waals surface area contributed by atoms with E-state index in [2.05, 4.69) is 19.6 Å². The van der Waals surface area contributed by atoms with Crippen LogP contribution in [-0.2, 0) is 19.1 Å². The third kappa shape index (κ3) is 10.3. The Hall–Kier alpha value is -1.14. The summed E-state index contributed by atoms with van der Waals surface area (Å²) in [6, 6.07) is 0.293. The van der Waals surface area contributed by atoms with Crippen molar-refractivity contribution in [1.82, 2.24) is 0 Å². The highest BCUT2D eigenvalue weighted by Gasteiger charge is 2.25. The second-order valence-electron chi connectivity index (χ2n) is 7.63. The number of esters is 2. The first-order valence-electron chi connectivity index (χ1n) is 8.25. The van der Waals surface area contributed by atoms with Gasteiger partial charge in [-0.2, -0.15) is 0 Å². The zero-order chi connectivity index (χ0) is 18.2. The minimum absolute atomic E-state index is 0.0951. The first kappa shape index (κ1) is 21.9. The molecule has 0 aliphatic heterocycles. The number of ether oxygens (including phenoxy) is 2. The van der Waals surface area contributed by atoms with E-state index < -0.39 is 20.1 Å². The molecule has 0 heterocycles. The zero-order valence-electron chi connectivity index (χ0n) is 15.6. The van der Waals surface area contributed by atoms with Crippen LogP contribution in [0.3, 0.4) is 0 Å². The molecule has 134 valence electrons. The lowest BCUT2D eigenvalue weighted by Crippen LogP contribution is -2.36. The van der Waals surface area contributed by atoms with Crippen LogP contribution in [0.4, 0.5) is 0 Å². The summed E-state index contributed by atoms with van der Waals surface area (Å²) in [6.45, 7) is 14.6. The molecule has 0 bridgehead atoms. The first-order valence-corrected chi connectivity index (χ1v) is 12.0. The molecule has 0 aliphatic carbocycles. The molecule has 0 unspecified atom stereocenters. The van der Waals surface area contributed by atoms with Crippen molar-refractivity contribution in [1.29, 1.82) is 0 Å². The summed E-state index contributed by atoms with van der Waals surface area (Å²) in [7, 11) is -1.20. The maximum absolute atomic E-state index is 11.7. The van der Waals surface area contributed by atoms with Gasteiger partial charge in [0.25, 0.3) is 0 Å². The second-order valence-corrected chi connectivity index (χ2v) is 13.3. The van der Waals surface area contributed by atoms with Crippen LogP contribution in [0.1, 0.15) is 27.7 Å². The first-order chi connectivity index (χ1) is 10.4. The van der Waals surface area contributed by atoms with Crippen molar-refractivity contribution in [2.45, 2.75) is 65.5 Å². The van der Waals surface area contributed by atoms with Crippen LogP contribution < -0.4 is 5.73 Å². The number of carbonyl (C=O) groups is 2. The highest BCUT2D eigenvalue weighted by Crippen LogP contribution is 2.19. The Bertz CT molecular complexity index is 413. The molecular formula is C17H33NO4Si. The standard InChI is InChI=1S/C17H33NO4Si/c1-12(2)16(22-17(20)14(4)18)13(3)8-9-15(19)21-10-11-23(5,6)7/h8-9,12-14,16H,10-11,18H2,1-7H3/b9-8+/t13-,14-,16-/m1/s1. The average Bonchev–Trinajstić information content (AvgIpc) is 2.39. The van der Waals surface area contributed by atoms with E-state index >= 15 is 0 Å². The fourth-order valence-electron chi connectivity index (χ4n) is 1.94. The topological polar surface area (TPSA) is 78.6 Å². The minimum atomic E-state index is -1.20. The van der Waals surface area contributed by atoms with Gasteiger partial charge < -0.3 is 15.2 Å². The lowest BCUT2D eigenvalue weighted by atomic mass is 9.94. The van der Waals surface area contributed by atoms with Crippen LogP contribution >= 0.6 is 0 Å². The number of carbonyl (C=O) groups excluding carboxylic acids is 2. The summed E-state index contributed by atoms with van der Waals surface area (Å²) in [5.41, 5.74) is 5.53. The fourth-order valence-corrected chi connectivity index (χ4v) is 2.65. The summed E-state index contributed by atoms with van der Waals surface area (Å²) < 4.78 is 10.6. The van der Waals surface area contributed by atoms with Gasteiger partial charge in [0, 0.05) is 20.1 Å². The van der Waals surface area contributed by atoms with E-state index in [4.69, 9.17) is 15.2 Å². The summed E-state index contributed by atoms with van der Waals surface area (Å²) >= 11 is 0. The summed E-state index contributed by atoms with van der Waals surface area (Å²) in [5.74, 6) is -0.750. The maximum Gasteiger partial charge on any atom is 0.330 e. The van der Waals surface area contributed by atoms with Gasteiger partial charge in [0.2, 0.25) is 0 Å². The highest BCUT2D eigenvalue weighted by molar-refractivity contribution is 6.76. The van der Waals surface area contributed by atoms with Gasteiger partial charge in [-0.25, -0.2) is 4.79 Å². The fraction of sp³-hybridized carbons (Fsp3) is 0.765. The maximum atomic E-state index is 11.7. The highest BCUT2D eigenvalue weighted by atomic mass is 28.3. The van der Waals surface area contributed by atoms with Gasteiger partial charge >= 0.3 is 11.9 Å². The normalized spacial score (nSPS) is 16.2. The van der Waals surface area contributed by atoms with Gasteiger partial charge in [0.1, 0.15) is 12.1 Å². The van der Waals surface area contributed by atoms with Crippen molar-refractivity contribution in [2.24, 2.45) is 17.6 Å². The van der Waals surface area contributed by atoms with Crippen molar-refractivity contribution < 1.29 is 19.1 Å². The Labute approximate surface area is 141 Å². The molecule has 6 heteroatoms. The third-order valence-corrected chi connectivity index (χ3v) is 5.14. The molecular weight excluding hydrogens is 310 g/mol. The minimum Gasteiger partial charge on any atom is -0.463 e. The predicted molar refractivity (Wildman–Crippen MR) is 95.8 cm³/mol. The molecule has 3 atom stereocenters. The van der Waals surface area contributed by atoms with Gasteiger partial charge in [-0.15, -0.1) is 0 Å². The Morgan fingerprint density at radius 2 is 1.70 bits per heavy atom. The molecule has 2 N–H and O–H groups in total. The summed E-state index contributed by atoms with van der Waals surface area (Å²) in [5, 5.41) is 0. The Balaban J connectivity index is 4.52. The summed E-state index contributed by atoms with van der Waals surface area (Å²) in [4.78, 5) is 23.4. The monoisotopic (exact) mass is 343 g/mol. The molecule has 0 radical (unpaired) electrons. The van der Waals surface area contributed by atoms with E-state index in [1.54, 1.807) is 13.0 Å². The predicted octanol–water partition coefficient (Wildman–Crippen LogP) is 2.98. The second kappa shape index (κ2) is 9.88. The largest absolute Gasteiger partial charge is 0.463 e. The third-order valence-electron chi connectivity index (χ3n) is 3.43. The van der Waals surface area contributed by atoms with E-state index in [1.807, 2.05) is 20.8 Å². The molecule has 5 nitrogen and oxygen atoms in total. The molecule has 0 aliphatic rings. The van der Waals surface area contributed by atoms with E-state index in [9.17, 15) is 9.59 Å². The van der Waals surface area contributed by atoms with Crippen LogP contribution in [0, 0.1) is 11.8 Å². The number of nitrogens with two attached hydrogens (primary N) is 1. The summed E-state index contributed by atoms with van der Waals surface area (Å²) in [6.07, 6.45) is 2.83. The smallest absolute Gasteiger partial charge is 0.330 e. The lowest BCUT2D eigenvalue weighted by Gasteiger charge is -2.26. The Morgan fingerprint density at radius 1 is 1.13 bits per heavy atom. The molecule has 0 aromatic rings. The van der Waals surface area contributed by atoms with Crippen LogP contribution in [-0.4, -0.2) is 38.8 Å². The molecule has 0 spiro atoms. The van der Waals surface area contributed by atoms with Crippen LogP contribution in [0.25, 0.3) is 0 Å². The quantitative estimate of drug-likeness (QED) is 0.395. The van der Waals surface area contributed by atoms with E-state index in [-0.39, 0.29) is 23.9 Å². The molecule has 0 aromatic heterocycles. The van der Waals surface area contributed by atoms with Crippen LogP contribution in [0.15, 0.2) is 12.2 Å². The lowest BCUT2D eigenvalue weighted by molar-refractivity contribution is -0.154. The molecule has 0 amide bonds. The van der Waals surface area contributed by atoms with Gasteiger partial charge in [0.15, 0.2) is 0 Å². The SMILES string of the molecule is CC(C)[C@@H](OC(=O)[C@@H](C)N)[C@H](C)/C=C/C(=O)OCC[Si](C)(C)C. The van der Waals surface area contributed by atoms with Crippen LogP contribution in [0.5, 0.6) is 0 Å². The number of rotatable bonds is 9. The van der Waals surface area contributed by atoms with E-state index in [0.717, 1.165) is 6.04 Å². The molecule has 23 heavy (non-hydrogen) atoms. The van der Waals surface area contributed by atoms with Crippen molar-refractivity contribution in [2.75, 3.05) is 6.61 Å². The van der Waals surface area contributed by atoms with Gasteiger partial charge in [-0.3, -0.25) is 4.79 Å². The zero-order valence-corrected chi connectivity index (χ0v) is 16.6. The van der Waals surface area contributed by atoms with E-state index in [1.165, 1.54) is 6.08 Å². The van der Waals surface area contributed by atoms with Crippen molar-refractivity contribution in [3.8, 4) is 0 Å². The molecule has 0 fully saturated rings. The van der Waals surface area contributed by atoms with Gasteiger partial charge in [-0.05, 0) is 18.9 Å². The Morgan fingerprint density at radius 3 is 2.13 bits per heavy atom. The van der Waals surface area contributed by atoms with Crippen molar-refractivity contribution in [3.05, 3.63) is 12.2 Å². The van der Waals surface area contributed by atoms with Gasteiger partial charge in [0.05, 0.1) is 6.61 Å².